The summed E-state index contributed by atoms with van der Waals surface area (Å²) in [6.45, 7) is 2.05. The molecule has 0 N–H and O–H groups in total. The maximum Gasteiger partial charge on any atom is 0.196 e. The molecule has 0 radical (unpaired) electrons. The topological polar surface area (TPSA) is 56.5 Å². The quantitative estimate of drug-likeness (QED) is 0.230. The molecule has 0 fully saturated rings. The molecule has 0 atom stereocenters. The highest BCUT2D eigenvalue weighted by molar-refractivity contribution is 14.1. The molecular formula is C20H16IN3O2S. The molecule has 2 heterocycles. The molecule has 2 aromatic carbocycles. The number of rotatable bonds is 5. The van der Waals surface area contributed by atoms with Gasteiger partial charge in [-0.2, -0.15) is 0 Å². The van der Waals surface area contributed by atoms with Gasteiger partial charge in [-0.15, -0.1) is 10.2 Å². The standard InChI is InChI=1S/C20H16IN3O2S/c1-12-9-19-22-23-20(24(19)17-10-15(26-2)7-8-16(12)17)27-11-18(25)13-3-5-14(21)6-4-13/h3-10H,11H2,1-2H3. The van der Waals surface area contributed by atoms with E-state index in [2.05, 4.69) is 39.7 Å². The summed E-state index contributed by atoms with van der Waals surface area (Å²) in [4.78, 5) is 12.5. The van der Waals surface area contributed by atoms with E-state index in [1.807, 2.05) is 52.9 Å². The summed E-state index contributed by atoms with van der Waals surface area (Å²) in [6.07, 6.45) is 0. The van der Waals surface area contributed by atoms with Crippen LogP contribution in [0.5, 0.6) is 5.75 Å². The van der Waals surface area contributed by atoms with Crippen LogP contribution in [0.2, 0.25) is 0 Å². The first-order valence-electron chi connectivity index (χ1n) is 8.31. The Labute approximate surface area is 174 Å². The number of pyridine rings is 1. The number of hydrogen-bond acceptors (Lipinski definition) is 5. The second-order valence-electron chi connectivity index (χ2n) is 6.11. The van der Waals surface area contributed by atoms with Crippen molar-refractivity contribution in [2.24, 2.45) is 0 Å². The molecule has 0 amide bonds. The van der Waals surface area contributed by atoms with Gasteiger partial charge in [0, 0.05) is 20.6 Å². The number of carbonyl (C=O) groups excluding carboxylic acids is 1. The van der Waals surface area contributed by atoms with Gasteiger partial charge in [0.15, 0.2) is 16.6 Å². The fourth-order valence-electron chi connectivity index (χ4n) is 2.97. The van der Waals surface area contributed by atoms with E-state index in [0.29, 0.717) is 16.5 Å². The predicted octanol–water partition coefficient (Wildman–Crippen LogP) is 4.78. The molecule has 0 spiro atoms. The molecule has 4 rings (SSSR count). The van der Waals surface area contributed by atoms with Gasteiger partial charge in [-0.25, -0.2) is 0 Å². The molecule has 0 aliphatic heterocycles. The summed E-state index contributed by atoms with van der Waals surface area (Å²) in [5.41, 5.74) is 3.56. The Hall–Kier alpha value is -2.13. The molecular weight excluding hydrogens is 473 g/mol. The van der Waals surface area contributed by atoms with Crippen molar-refractivity contribution < 1.29 is 9.53 Å². The highest BCUT2D eigenvalue weighted by atomic mass is 127. The number of nitrogens with zero attached hydrogens (tertiary/aromatic N) is 3. The molecule has 5 nitrogen and oxygen atoms in total. The molecule has 2 aromatic heterocycles. The molecule has 136 valence electrons. The van der Waals surface area contributed by atoms with Gasteiger partial charge in [-0.1, -0.05) is 23.9 Å². The van der Waals surface area contributed by atoms with Crippen molar-refractivity contribution in [3.05, 3.63) is 63.2 Å². The number of Topliss-reactive ketones (excluding diaryl/α,β-unsaturated/α-hetero) is 1. The second kappa shape index (κ2) is 7.47. The third kappa shape index (κ3) is 3.53. The van der Waals surface area contributed by atoms with Gasteiger partial charge >= 0.3 is 0 Å². The Morgan fingerprint density at radius 3 is 2.67 bits per heavy atom. The molecule has 0 unspecified atom stereocenters. The Morgan fingerprint density at radius 1 is 1.15 bits per heavy atom. The Kier molecular flexibility index (Phi) is 5.05. The predicted molar refractivity (Wildman–Crippen MR) is 116 cm³/mol. The number of thioether (sulfide) groups is 1. The second-order valence-corrected chi connectivity index (χ2v) is 8.29. The summed E-state index contributed by atoms with van der Waals surface area (Å²) in [7, 11) is 1.65. The minimum atomic E-state index is 0.0714. The number of halogens is 1. The highest BCUT2D eigenvalue weighted by Gasteiger charge is 2.14. The number of carbonyl (C=O) groups is 1. The van der Waals surface area contributed by atoms with Crippen LogP contribution in [0.4, 0.5) is 0 Å². The van der Waals surface area contributed by atoms with E-state index in [1.165, 1.54) is 11.8 Å². The first kappa shape index (κ1) is 18.2. The number of methoxy groups -OCH3 is 1. The monoisotopic (exact) mass is 489 g/mol. The summed E-state index contributed by atoms with van der Waals surface area (Å²) in [5, 5.41) is 10.4. The van der Waals surface area contributed by atoms with E-state index in [0.717, 1.165) is 31.4 Å². The van der Waals surface area contributed by atoms with Gasteiger partial charge in [0.1, 0.15) is 5.75 Å². The molecule has 4 aromatic rings. The van der Waals surface area contributed by atoms with Crippen molar-refractivity contribution in [2.75, 3.05) is 12.9 Å². The number of aromatic nitrogens is 3. The SMILES string of the molecule is COc1ccc2c(C)cc3nnc(SCC(=O)c4ccc(I)cc4)n3c2c1. The van der Waals surface area contributed by atoms with Gasteiger partial charge in [-0.05, 0) is 65.4 Å². The zero-order valence-corrected chi connectivity index (χ0v) is 17.7. The van der Waals surface area contributed by atoms with Crippen LogP contribution in [0.15, 0.2) is 53.7 Å². The van der Waals surface area contributed by atoms with Crippen molar-refractivity contribution in [3.8, 4) is 5.75 Å². The molecule has 7 heteroatoms. The van der Waals surface area contributed by atoms with Crippen LogP contribution in [0, 0.1) is 10.5 Å². The van der Waals surface area contributed by atoms with Gasteiger partial charge < -0.3 is 4.74 Å². The van der Waals surface area contributed by atoms with Crippen molar-refractivity contribution in [1.29, 1.82) is 0 Å². The van der Waals surface area contributed by atoms with Crippen molar-refractivity contribution >= 4 is 56.7 Å². The van der Waals surface area contributed by atoms with Crippen LogP contribution in [0.25, 0.3) is 16.6 Å². The van der Waals surface area contributed by atoms with Crippen LogP contribution in [-0.2, 0) is 0 Å². The molecule has 0 saturated carbocycles. The number of fused-ring (bicyclic) bond motifs is 3. The maximum absolute atomic E-state index is 12.5. The fraction of sp³-hybridized carbons (Fsp3) is 0.150. The van der Waals surface area contributed by atoms with Crippen LogP contribution in [-0.4, -0.2) is 33.2 Å². The average Bonchev–Trinajstić information content (AvgIpc) is 3.09. The first-order chi connectivity index (χ1) is 13.1. The van der Waals surface area contributed by atoms with Crippen molar-refractivity contribution in [2.45, 2.75) is 12.1 Å². The Bertz CT molecular complexity index is 1160. The lowest BCUT2D eigenvalue weighted by Crippen LogP contribution is -2.03. The Balaban J connectivity index is 1.70. The van der Waals surface area contributed by atoms with E-state index in [9.17, 15) is 4.79 Å². The van der Waals surface area contributed by atoms with Gasteiger partial charge in [-0.3, -0.25) is 9.20 Å². The first-order valence-corrected chi connectivity index (χ1v) is 10.4. The molecule has 0 bridgehead atoms. The molecule has 0 aliphatic carbocycles. The van der Waals surface area contributed by atoms with E-state index < -0.39 is 0 Å². The number of aryl methyl sites for hydroxylation is 1. The number of hydrogen-bond donors (Lipinski definition) is 0. The lowest BCUT2D eigenvalue weighted by Gasteiger charge is -2.09. The maximum atomic E-state index is 12.5. The molecule has 0 saturated heterocycles. The smallest absolute Gasteiger partial charge is 0.196 e. The van der Waals surface area contributed by atoms with Gasteiger partial charge in [0.2, 0.25) is 0 Å². The lowest BCUT2D eigenvalue weighted by molar-refractivity contribution is 0.102. The number of ketones is 1. The molecule has 27 heavy (non-hydrogen) atoms. The van der Waals surface area contributed by atoms with Crippen LogP contribution >= 0.6 is 34.4 Å². The summed E-state index contributed by atoms with van der Waals surface area (Å²) >= 11 is 3.62. The highest BCUT2D eigenvalue weighted by Crippen LogP contribution is 2.28. The van der Waals surface area contributed by atoms with Gasteiger partial charge in [0.05, 0.1) is 18.4 Å². The van der Waals surface area contributed by atoms with E-state index in [1.54, 1.807) is 7.11 Å². The van der Waals surface area contributed by atoms with Crippen molar-refractivity contribution in [3.63, 3.8) is 0 Å². The van der Waals surface area contributed by atoms with E-state index in [-0.39, 0.29) is 5.78 Å². The van der Waals surface area contributed by atoms with E-state index >= 15 is 0 Å². The number of ether oxygens (including phenoxy) is 1. The fourth-order valence-corrected chi connectivity index (χ4v) is 4.18. The van der Waals surface area contributed by atoms with Crippen LogP contribution in [0.1, 0.15) is 15.9 Å². The van der Waals surface area contributed by atoms with E-state index in [4.69, 9.17) is 4.74 Å². The summed E-state index contributed by atoms with van der Waals surface area (Å²) < 4.78 is 8.47. The minimum Gasteiger partial charge on any atom is -0.497 e. The third-order valence-corrected chi connectivity index (χ3v) is 6.02. The Morgan fingerprint density at radius 2 is 1.93 bits per heavy atom. The minimum absolute atomic E-state index is 0.0714. The summed E-state index contributed by atoms with van der Waals surface area (Å²) in [6, 6.07) is 15.6. The number of benzene rings is 2. The zero-order valence-electron chi connectivity index (χ0n) is 14.8. The normalized spacial score (nSPS) is 11.2. The van der Waals surface area contributed by atoms with Crippen LogP contribution < -0.4 is 4.74 Å². The van der Waals surface area contributed by atoms with Gasteiger partial charge in [0.25, 0.3) is 0 Å². The third-order valence-electron chi connectivity index (χ3n) is 4.37. The summed E-state index contributed by atoms with van der Waals surface area (Å²) in [5.74, 6) is 1.15. The largest absolute Gasteiger partial charge is 0.497 e. The zero-order chi connectivity index (χ0) is 19.0. The molecule has 0 aliphatic rings. The average molecular weight is 489 g/mol. The lowest BCUT2D eigenvalue weighted by atomic mass is 10.1. The van der Waals surface area contributed by atoms with Crippen molar-refractivity contribution in [1.82, 2.24) is 14.6 Å². The van der Waals surface area contributed by atoms with Crippen LogP contribution in [0.3, 0.4) is 0 Å².